The number of terminal acetylenes is 1. The Morgan fingerprint density at radius 2 is 1.61 bits per heavy atom. The van der Waals surface area contributed by atoms with E-state index in [4.69, 9.17) is 15.7 Å². The van der Waals surface area contributed by atoms with Crippen LogP contribution in [0.25, 0.3) is 0 Å². The molecule has 0 saturated heterocycles. The second-order valence-electron chi connectivity index (χ2n) is 5.25. The van der Waals surface area contributed by atoms with Crippen LogP contribution >= 0.6 is 0 Å². The first-order valence-electron chi connectivity index (χ1n) is 7.65. The summed E-state index contributed by atoms with van der Waals surface area (Å²) in [6.45, 7) is 0. The van der Waals surface area contributed by atoms with Crippen LogP contribution < -0.4 is 4.74 Å². The third kappa shape index (κ3) is 8.38. The van der Waals surface area contributed by atoms with Gasteiger partial charge in [-0.2, -0.15) is 8.42 Å². The van der Waals surface area contributed by atoms with Crippen LogP contribution in [0.5, 0.6) is 5.75 Å². The van der Waals surface area contributed by atoms with Gasteiger partial charge in [-0.25, -0.2) is 0 Å². The van der Waals surface area contributed by atoms with Crippen molar-refractivity contribution in [3.63, 3.8) is 0 Å². The molecule has 0 heterocycles. The second kappa shape index (κ2) is 10.0. The molecule has 0 aliphatic carbocycles. The van der Waals surface area contributed by atoms with Gasteiger partial charge < -0.3 is 4.74 Å². The van der Waals surface area contributed by atoms with Gasteiger partial charge in [0.05, 0.1) is 4.90 Å². The molecule has 126 valence electrons. The smallest absolute Gasteiger partial charge is 0.311 e. The quantitative estimate of drug-likeness (QED) is 0.232. The fourth-order valence-corrected chi connectivity index (χ4v) is 2.55. The zero-order valence-electron chi connectivity index (χ0n) is 13.0. The molecule has 0 fully saturated rings. The molecule has 1 rings (SSSR count). The lowest BCUT2D eigenvalue weighted by Gasteiger charge is -2.05. The van der Waals surface area contributed by atoms with E-state index >= 15 is 0 Å². The molecular weight excluding hydrogens is 316 g/mol. The third-order valence-electron chi connectivity index (χ3n) is 3.31. The first kappa shape index (κ1) is 19.2. The lowest BCUT2D eigenvalue weighted by Crippen LogP contribution is -2.07. The summed E-state index contributed by atoms with van der Waals surface area (Å²) >= 11 is 0. The van der Waals surface area contributed by atoms with Gasteiger partial charge in [0.1, 0.15) is 5.75 Å². The van der Waals surface area contributed by atoms with E-state index < -0.39 is 10.1 Å². The molecule has 0 unspecified atom stereocenters. The topological polar surface area (TPSA) is 80.7 Å². The van der Waals surface area contributed by atoms with E-state index in [1.165, 1.54) is 24.3 Å². The first-order valence-corrected chi connectivity index (χ1v) is 9.09. The number of ether oxygens (including phenoxy) is 1. The summed E-state index contributed by atoms with van der Waals surface area (Å²) in [6, 6.07) is 5.06. The molecule has 0 spiro atoms. The highest BCUT2D eigenvalue weighted by Crippen LogP contribution is 2.17. The number of carbonyl (C=O) groups excluding carboxylic acids is 1. The van der Waals surface area contributed by atoms with E-state index in [9.17, 15) is 13.2 Å². The molecular formula is C17H22O5S. The number of esters is 1. The summed E-state index contributed by atoms with van der Waals surface area (Å²) in [7, 11) is -4.23. The van der Waals surface area contributed by atoms with Gasteiger partial charge in [-0.1, -0.05) is 25.7 Å². The summed E-state index contributed by atoms with van der Waals surface area (Å²) in [5, 5.41) is 0. The molecule has 1 aromatic carbocycles. The minimum absolute atomic E-state index is 0.234. The molecule has 5 nitrogen and oxygen atoms in total. The normalized spacial score (nSPS) is 11.0. The van der Waals surface area contributed by atoms with E-state index in [1.807, 2.05) is 0 Å². The molecule has 0 bridgehead atoms. The van der Waals surface area contributed by atoms with Crippen molar-refractivity contribution < 1.29 is 22.5 Å². The molecule has 1 N–H and O–H groups in total. The van der Waals surface area contributed by atoms with E-state index in [1.54, 1.807) is 0 Å². The number of benzene rings is 1. The van der Waals surface area contributed by atoms with Gasteiger partial charge in [0.2, 0.25) is 0 Å². The van der Waals surface area contributed by atoms with Crippen molar-refractivity contribution in [3.05, 3.63) is 24.3 Å². The van der Waals surface area contributed by atoms with Crippen LogP contribution in [0, 0.1) is 12.3 Å². The van der Waals surface area contributed by atoms with Gasteiger partial charge in [-0.3, -0.25) is 9.35 Å². The predicted molar refractivity (Wildman–Crippen MR) is 87.7 cm³/mol. The maximum atomic E-state index is 11.7. The first-order chi connectivity index (χ1) is 10.9. The van der Waals surface area contributed by atoms with Crippen LogP contribution in [-0.4, -0.2) is 18.9 Å². The Morgan fingerprint density at radius 3 is 2.17 bits per heavy atom. The van der Waals surface area contributed by atoms with Crippen LogP contribution in [0.3, 0.4) is 0 Å². The third-order valence-corrected chi connectivity index (χ3v) is 4.17. The number of carbonyl (C=O) groups is 1. The van der Waals surface area contributed by atoms with Crippen LogP contribution in [0.4, 0.5) is 0 Å². The zero-order chi connectivity index (χ0) is 17.1. The molecule has 6 heteroatoms. The average molecular weight is 338 g/mol. The van der Waals surface area contributed by atoms with Crippen molar-refractivity contribution in [1.29, 1.82) is 0 Å². The van der Waals surface area contributed by atoms with Gasteiger partial charge in [0, 0.05) is 12.8 Å². The van der Waals surface area contributed by atoms with Gasteiger partial charge in [-0.05, 0) is 37.1 Å². The number of hydrogen-bond donors (Lipinski definition) is 1. The summed E-state index contributed by atoms with van der Waals surface area (Å²) in [5.74, 6) is 2.52. The Kier molecular flexibility index (Phi) is 8.38. The zero-order valence-corrected chi connectivity index (χ0v) is 13.8. The molecule has 23 heavy (non-hydrogen) atoms. The minimum atomic E-state index is -4.23. The molecule has 0 aromatic heterocycles. The molecule has 0 aliphatic heterocycles. The maximum Gasteiger partial charge on any atom is 0.311 e. The van der Waals surface area contributed by atoms with Crippen molar-refractivity contribution in [1.82, 2.24) is 0 Å². The van der Waals surface area contributed by atoms with Crippen molar-refractivity contribution >= 4 is 16.1 Å². The van der Waals surface area contributed by atoms with Gasteiger partial charge >= 0.3 is 5.97 Å². The molecule has 0 atom stereocenters. The summed E-state index contributed by atoms with van der Waals surface area (Å²) < 4.78 is 35.7. The standard InChI is InChI=1S/C17H22O5S/c1-2-3-4-5-6-7-8-9-10-17(18)22-15-11-13-16(14-12-15)23(19,20)21/h1,11-14H,3-10H2,(H,19,20,21). The SMILES string of the molecule is C#CCCCCCCCCC(=O)Oc1ccc(S(=O)(=O)O)cc1. The Labute approximate surface area is 137 Å². The summed E-state index contributed by atoms with van der Waals surface area (Å²) in [4.78, 5) is 11.4. The molecule has 1 aromatic rings. The highest BCUT2D eigenvalue weighted by Gasteiger charge is 2.10. The Morgan fingerprint density at radius 1 is 1.04 bits per heavy atom. The van der Waals surface area contributed by atoms with E-state index in [0.29, 0.717) is 6.42 Å². The van der Waals surface area contributed by atoms with E-state index in [0.717, 1.165) is 44.9 Å². The highest BCUT2D eigenvalue weighted by atomic mass is 32.2. The fraction of sp³-hybridized carbons (Fsp3) is 0.471. The predicted octanol–water partition coefficient (Wildman–Crippen LogP) is 3.59. The molecule has 0 amide bonds. The number of rotatable bonds is 10. The lowest BCUT2D eigenvalue weighted by molar-refractivity contribution is -0.134. The minimum Gasteiger partial charge on any atom is -0.427 e. The summed E-state index contributed by atoms with van der Waals surface area (Å²) in [5.41, 5.74) is 0. The fourth-order valence-electron chi connectivity index (χ4n) is 2.07. The molecule has 0 saturated carbocycles. The largest absolute Gasteiger partial charge is 0.427 e. The van der Waals surface area contributed by atoms with Crippen molar-refractivity contribution in [2.75, 3.05) is 0 Å². The highest BCUT2D eigenvalue weighted by molar-refractivity contribution is 7.85. The Balaban J connectivity index is 2.20. The van der Waals surface area contributed by atoms with Crippen molar-refractivity contribution in [2.45, 2.75) is 56.3 Å². The monoisotopic (exact) mass is 338 g/mol. The summed E-state index contributed by atoms with van der Waals surface area (Å²) in [6.07, 6.45) is 12.4. The number of hydrogen-bond acceptors (Lipinski definition) is 4. The van der Waals surface area contributed by atoms with E-state index in [-0.39, 0.29) is 16.6 Å². The van der Waals surface area contributed by atoms with Gasteiger partial charge in [0.25, 0.3) is 10.1 Å². The Hall–Kier alpha value is -1.84. The van der Waals surface area contributed by atoms with Crippen LogP contribution in [-0.2, 0) is 14.9 Å². The Bertz CT molecular complexity index is 626. The van der Waals surface area contributed by atoms with Crippen LogP contribution in [0.2, 0.25) is 0 Å². The maximum absolute atomic E-state index is 11.7. The molecule has 0 radical (unpaired) electrons. The van der Waals surface area contributed by atoms with Crippen molar-refractivity contribution in [2.24, 2.45) is 0 Å². The van der Waals surface area contributed by atoms with E-state index in [2.05, 4.69) is 5.92 Å². The van der Waals surface area contributed by atoms with Crippen LogP contribution in [0.1, 0.15) is 51.4 Å². The lowest BCUT2D eigenvalue weighted by atomic mass is 10.1. The number of unbranched alkanes of at least 4 members (excludes halogenated alkanes) is 6. The second-order valence-corrected chi connectivity index (χ2v) is 6.67. The van der Waals surface area contributed by atoms with Crippen molar-refractivity contribution in [3.8, 4) is 18.1 Å². The van der Waals surface area contributed by atoms with Gasteiger partial charge in [-0.15, -0.1) is 12.3 Å². The van der Waals surface area contributed by atoms with Gasteiger partial charge in [0.15, 0.2) is 0 Å². The molecule has 0 aliphatic rings. The van der Waals surface area contributed by atoms with Crippen LogP contribution in [0.15, 0.2) is 29.2 Å². The average Bonchev–Trinajstić information content (AvgIpc) is 2.49.